The maximum atomic E-state index is 5.93. The lowest BCUT2D eigenvalue weighted by Gasteiger charge is -2.10. The fraction of sp³-hybridized carbons (Fsp3) is 0.368. The number of aryl methyl sites for hydroxylation is 2. The van der Waals surface area contributed by atoms with Gasteiger partial charge in [-0.25, -0.2) is 4.99 Å². The van der Waals surface area contributed by atoms with Crippen LogP contribution >= 0.6 is 24.0 Å². The summed E-state index contributed by atoms with van der Waals surface area (Å²) in [4.78, 5) is 4.66. The van der Waals surface area contributed by atoms with Gasteiger partial charge in [0, 0.05) is 37.3 Å². The molecule has 0 aliphatic carbocycles. The largest absolute Gasteiger partial charge is 0.459 e. The SMILES string of the molecule is CCNC(=NCc1oc2ccccc2c1C)NCCc1cnn(C)c1.I. The number of furan rings is 1. The quantitative estimate of drug-likeness (QED) is 0.332. The first kappa shape index (κ1) is 20.3. The molecule has 0 saturated heterocycles. The fourth-order valence-electron chi connectivity index (χ4n) is 2.79. The highest BCUT2D eigenvalue weighted by Crippen LogP contribution is 2.25. The van der Waals surface area contributed by atoms with Crippen LogP contribution in [0.5, 0.6) is 0 Å². The third kappa shape index (κ3) is 5.00. The molecule has 6 nitrogen and oxygen atoms in total. The molecule has 2 heterocycles. The van der Waals surface area contributed by atoms with Gasteiger partial charge in [-0.2, -0.15) is 5.10 Å². The molecule has 0 aliphatic rings. The van der Waals surface area contributed by atoms with Gasteiger partial charge in [0.2, 0.25) is 0 Å². The Morgan fingerprint density at radius 1 is 1.27 bits per heavy atom. The van der Waals surface area contributed by atoms with Gasteiger partial charge < -0.3 is 15.1 Å². The molecule has 0 bridgehead atoms. The Balaban J connectivity index is 0.00000243. The summed E-state index contributed by atoms with van der Waals surface area (Å²) in [6.45, 7) is 6.28. The molecule has 2 N–H and O–H groups in total. The van der Waals surface area contributed by atoms with Gasteiger partial charge in [0.05, 0.1) is 6.20 Å². The average Bonchev–Trinajstić information content (AvgIpc) is 3.16. The monoisotopic (exact) mass is 467 g/mol. The van der Waals surface area contributed by atoms with Crippen LogP contribution in [0, 0.1) is 6.92 Å². The van der Waals surface area contributed by atoms with Crippen LogP contribution in [0.25, 0.3) is 11.0 Å². The van der Waals surface area contributed by atoms with E-state index < -0.39 is 0 Å². The number of halogens is 1. The second-order valence-electron chi connectivity index (χ2n) is 6.04. The number of fused-ring (bicyclic) bond motifs is 1. The summed E-state index contributed by atoms with van der Waals surface area (Å²) in [5.74, 6) is 1.71. The molecule has 3 rings (SSSR count). The van der Waals surface area contributed by atoms with Gasteiger partial charge in [0.15, 0.2) is 5.96 Å². The number of guanidine groups is 1. The molecule has 0 unspecified atom stereocenters. The van der Waals surface area contributed by atoms with E-state index in [9.17, 15) is 0 Å². The van der Waals surface area contributed by atoms with E-state index in [0.717, 1.165) is 47.8 Å². The number of rotatable bonds is 6. The van der Waals surface area contributed by atoms with Crippen LogP contribution in [0.2, 0.25) is 0 Å². The summed E-state index contributed by atoms with van der Waals surface area (Å²) in [5.41, 5.74) is 3.28. The summed E-state index contributed by atoms with van der Waals surface area (Å²) >= 11 is 0. The molecule has 26 heavy (non-hydrogen) atoms. The molecule has 7 heteroatoms. The maximum absolute atomic E-state index is 5.93. The molecule has 0 amide bonds. The smallest absolute Gasteiger partial charge is 0.191 e. The number of nitrogens with zero attached hydrogens (tertiary/aromatic N) is 3. The predicted octanol–water partition coefficient (Wildman–Crippen LogP) is 3.39. The van der Waals surface area contributed by atoms with Crippen molar-refractivity contribution in [1.82, 2.24) is 20.4 Å². The number of aromatic nitrogens is 2. The van der Waals surface area contributed by atoms with Crippen LogP contribution in [-0.2, 0) is 20.0 Å². The van der Waals surface area contributed by atoms with E-state index in [2.05, 4.69) is 40.6 Å². The normalized spacial score (nSPS) is 11.4. The molecule has 0 spiro atoms. The van der Waals surface area contributed by atoms with Crippen molar-refractivity contribution in [1.29, 1.82) is 0 Å². The van der Waals surface area contributed by atoms with E-state index in [0.29, 0.717) is 6.54 Å². The summed E-state index contributed by atoms with van der Waals surface area (Å²) in [7, 11) is 1.93. The summed E-state index contributed by atoms with van der Waals surface area (Å²) in [6, 6.07) is 8.09. The Morgan fingerprint density at radius 3 is 2.77 bits per heavy atom. The first-order valence-electron chi connectivity index (χ1n) is 8.64. The molecule has 1 aromatic carbocycles. The van der Waals surface area contributed by atoms with Gasteiger partial charge in [-0.3, -0.25) is 4.68 Å². The fourth-order valence-corrected chi connectivity index (χ4v) is 2.79. The summed E-state index contributed by atoms with van der Waals surface area (Å²) in [6.07, 6.45) is 4.83. The highest BCUT2D eigenvalue weighted by Gasteiger charge is 2.09. The first-order valence-corrected chi connectivity index (χ1v) is 8.64. The van der Waals surface area contributed by atoms with E-state index in [1.165, 1.54) is 5.56 Å². The van der Waals surface area contributed by atoms with Crippen molar-refractivity contribution >= 4 is 40.9 Å². The Bertz CT molecular complexity index is 868. The third-order valence-corrected chi connectivity index (χ3v) is 4.13. The van der Waals surface area contributed by atoms with E-state index in [1.54, 1.807) is 0 Å². The van der Waals surface area contributed by atoms with E-state index in [1.807, 2.05) is 42.3 Å². The number of hydrogen-bond acceptors (Lipinski definition) is 3. The molecule has 140 valence electrons. The van der Waals surface area contributed by atoms with Crippen molar-refractivity contribution in [3.63, 3.8) is 0 Å². The van der Waals surface area contributed by atoms with Gasteiger partial charge >= 0.3 is 0 Å². The maximum Gasteiger partial charge on any atom is 0.191 e. The van der Waals surface area contributed by atoms with Crippen LogP contribution in [0.1, 0.15) is 23.8 Å². The van der Waals surface area contributed by atoms with E-state index in [-0.39, 0.29) is 24.0 Å². The van der Waals surface area contributed by atoms with Gasteiger partial charge in [0.1, 0.15) is 17.9 Å². The minimum atomic E-state index is 0. The number of nitrogens with one attached hydrogen (secondary N) is 2. The first-order chi connectivity index (χ1) is 12.2. The van der Waals surface area contributed by atoms with Crippen LogP contribution in [0.4, 0.5) is 0 Å². The Kier molecular flexibility index (Phi) is 7.50. The lowest BCUT2D eigenvalue weighted by atomic mass is 10.1. The van der Waals surface area contributed by atoms with Crippen LogP contribution in [0.15, 0.2) is 46.1 Å². The third-order valence-electron chi connectivity index (χ3n) is 4.13. The number of para-hydroxylation sites is 1. The van der Waals surface area contributed by atoms with Gasteiger partial charge in [-0.05, 0) is 31.9 Å². The van der Waals surface area contributed by atoms with E-state index in [4.69, 9.17) is 4.42 Å². The summed E-state index contributed by atoms with van der Waals surface area (Å²) in [5, 5.41) is 12.0. The Morgan fingerprint density at radius 2 is 2.08 bits per heavy atom. The van der Waals surface area contributed by atoms with Crippen LogP contribution in [0.3, 0.4) is 0 Å². The van der Waals surface area contributed by atoms with Crippen molar-refractivity contribution in [3.8, 4) is 0 Å². The molecular formula is C19H26IN5O. The lowest BCUT2D eigenvalue weighted by Crippen LogP contribution is -2.38. The van der Waals surface area contributed by atoms with Gasteiger partial charge in [-0.15, -0.1) is 24.0 Å². The van der Waals surface area contributed by atoms with Crippen LogP contribution < -0.4 is 10.6 Å². The van der Waals surface area contributed by atoms with Crippen molar-refractivity contribution in [2.45, 2.75) is 26.8 Å². The molecule has 0 radical (unpaired) electrons. The Labute approximate surface area is 171 Å². The van der Waals surface area contributed by atoms with Crippen LogP contribution in [-0.4, -0.2) is 28.8 Å². The molecule has 2 aromatic heterocycles. The van der Waals surface area contributed by atoms with E-state index >= 15 is 0 Å². The summed E-state index contributed by atoms with van der Waals surface area (Å²) < 4.78 is 7.75. The molecule has 0 fully saturated rings. The number of hydrogen-bond donors (Lipinski definition) is 2. The highest BCUT2D eigenvalue weighted by molar-refractivity contribution is 14.0. The molecule has 0 saturated carbocycles. The van der Waals surface area contributed by atoms with Crippen molar-refractivity contribution in [2.24, 2.45) is 12.0 Å². The average molecular weight is 467 g/mol. The van der Waals surface area contributed by atoms with Crippen molar-refractivity contribution < 1.29 is 4.42 Å². The van der Waals surface area contributed by atoms with Gasteiger partial charge in [0.25, 0.3) is 0 Å². The molecule has 0 atom stereocenters. The standard InChI is InChI=1S/C19H25N5O.HI/c1-4-20-19(21-10-9-15-11-23-24(3)13-15)22-12-18-14(2)16-7-5-6-8-17(16)25-18;/h5-8,11,13H,4,9-10,12H2,1-3H3,(H2,20,21,22);1H. The number of benzene rings is 1. The highest BCUT2D eigenvalue weighted by atomic mass is 127. The molecule has 3 aromatic rings. The zero-order valence-electron chi connectivity index (χ0n) is 15.5. The van der Waals surface area contributed by atoms with Crippen molar-refractivity contribution in [2.75, 3.05) is 13.1 Å². The van der Waals surface area contributed by atoms with Gasteiger partial charge in [-0.1, -0.05) is 18.2 Å². The second-order valence-corrected chi connectivity index (χ2v) is 6.04. The molecular weight excluding hydrogens is 441 g/mol. The molecule has 0 aliphatic heterocycles. The zero-order valence-corrected chi connectivity index (χ0v) is 17.8. The topological polar surface area (TPSA) is 67.4 Å². The van der Waals surface area contributed by atoms with Crippen molar-refractivity contribution in [3.05, 3.63) is 53.5 Å². The predicted molar refractivity (Wildman–Crippen MR) is 116 cm³/mol. The minimum absolute atomic E-state index is 0. The lowest BCUT2D eigenvalue weighted by molar-refractivity contribution is 0.548. The zero-order chi connectivity index (χ0) is 17.6. The second kappa shape index (κ2) is 9.61. The Hall–Kier alpha value is -2.03. The number of aliphatic imine (C=N–C) groups is 1. The minimum Gasteiger partial charge on any atom is -0.459 e.